The molecule has 0 aliphatic carbocycles. The SMILES string of the molecule is N[C@H](CO)COS(=O)(=O)O. The summed E-state index contributed by atoms with van der Waals surface area (Å²) in [4.78, 5) is 0. The molecule has 4 N–H and O–H groups in total. The Morgan fingerprint density at radius 2 is 2.10 bits per heavy atom. The van der Waals surface area contributed by atoms with Gasteiger partial charge in [0, 0.05) is 0 Å². The van der Waals surface area contributed by atoms with E-state index in [-0.39, 0.29) is 0 Å². The molecule has 6 nitrogen and oxygen atoms in total. The molecule has 10 heavy (non-hydrogen) atoms. The lowest BCUT2D eigenvalue weighted by atomic mass is 10.4. The topological polar surface area (TPSA) is 110 Å². The minimum Gasteiger partial charge on any atom is -0.395 e. The third kappa shape index (κ3) is 5.92. The van der Waals surface area contributed by atoms with E-state index in [1.54, 1.807) is 0 Å². The Bertz CT molecular complexity index is 175. The smallest absolute Gasteiger partial charge is 0.395 e. The van der Waals surface area contributed by atoms with Crippen LogP contribution >= 0.6 is 0 Å². The second-order valence-electron chi connectivity index (χ2n) is 1.65. The molecule has 0 radical (unpaired) electrons. The summed E-state index contributed by atoms with van der Waals surface area (Å²) in [6.45, 7) is -0.815. The van der Waals surface area contributed by atoms with E-state index in [0.29, 0.717) is 0 Å². The van der Waals surface area contributed by atoms with Gasteiger partial charge < -0.3 is 10.8 Å². The van der Waals surface area contributed by atoms with Crippen molar-refractivity contribution in [3.8, 4) is 0 Å². The Hall–Kier alpha value is -0.210. The van der Waals surface area contributed by atoms with E-state index in [4.69, 9.17) is 15.4 Å². The van der Waals surface area contributed by atoms with E-state index in [9.17, 15) is 8.42 Å². The molecule has 0 bridgehead atoms. The van der Waals surface area contributed by atoms with Crippen molar-refractivity contribution in [3.05, 3.63) is 0 Å². The highest BCUT2D eigenvalue weighted by Gasteiger charge is 2.07. The van der Waals surface area contributed by atoms with E-state index < -0.39 is 29.7 Å². The van der Waals surface area contributed by atoms with Crippen LogP contribution in [0, 0.1) is 0 Å². The molecule has 0 rings (SSSR count). The van der Waals surface area contributed by atoms with Crippen LogP contribution in [-0.4, -0.2) is 37.3 Å². The van der Waals surface area contributed by atoms with Crippen LogP contribution in [0.15, 0.2) is 0 Å². The van der Waals surface area contributed by atoms with Gasteiger partial charge >= 0.3 is 10.4 Å². The molecule has 0 aromatic rings. The van der Waals surface area contributed by atoms with Crippen molar-refractivity contribution in [2.24, 2.45) is 5.73 Å². The highest BCUT2D eigenvalue weighted by atomic mass is 32.3. The summed E-state index contributed by atoms with van der Waals surface area (Å²) < 4.78 is 31.5. The summed E-state index contributed by atoms with van der Waals surface area (Å²) in [5, 5.41) is 8.25. The molecule has 1 atom stereocenters. The Morgan fingerprint density at radius 3 is 2.40 bits per heavy atom. The van der Waals surface area contributed by atoms with Crippen LogP contribution < -0.4 is 5.73 Å². The van der Waals surface area contributed by atoms with Crippen LogP contribution in [-0.2, 0) is 14.6 Å². The van der Waals surface area contributed by atoms with E-state index in [2.05, 4.69) is 4.18 Å². The first-order chi connectivity index (χ1) is 4.45. The van der Waals surface area contributed by atoms with Gasteiger partial charge in [0.1, 0.15) is 0 Å². The summed E-state index contributed by atoms with van der Waals surface area (Å²) in [5.74, 6) is 0. The van der Waals surface area contributed by atoms with Gasteiger partial charge in [-0.3, -0.25) is 4.55 Å². The normalized spacial score (nSPS) is 15.1. The lowest BCUT2D eigenvalue weighted by Gasteiger charge is -2.04. The summed E-state index contributed by atoms with van der Waals surface area (Å²) >= 11 is 0. The lowest BCUT2D eigenvalue weighted by Crippen LogP contribution is -2.31. The predicted molar refractivity (Wildman–Crippen MR) is 32.6 cm³/mol. The van der Waals surface area contributed by atoms with Gasteiger partial charge in [0.15, 0.2) is 0 Å². The number of rotatable bonds is 4. The molecule has 0 aromatic heterocycles. The van der Waals surface area contributed by atoms with Crippen molar-refractivity contribution in [1.29, 1.82) is 0 Å². The standard InChI is InChI=1S/C3H9NO5S/c4-3(1-5)2-9-10(6,7)8/h3,5H,1-2,4H2,(H,6,7,8)/t3-/m1/s1. The highest BCUT2D eigenvalue weighted by Crippen LogP contribution is 1.87. The third-order valence-electron chi connectivity index (χ3n) is 0.666. The van der Waals surface area contributed by atoms with Crippen LogP contribution in [0.1, 0.15) is 0 Å². The van der Waals surface area contributed by atoms with Crippen molar-refractivity contribution in [3.63, 3.8) is 0 Å². The molecule has 0 heterocycles. The van der Waals surface area contributed by atoms with Crippen molar-refractivity contribution in [2.75, 3.05) is 13.2 Å². The van der Waals surface area contributed by atoms with Gasteiger partial charge in [-0.2, -0.15) is 8.42 Å². The summed E-state index contributed by atoms with van der Waals surface area (Å²) in [7, 11) is -4.42. The molecule has 0 saturated heterocycles. The van der Waals surface area contributed by atoms with Gasteiger partial charge in [-0.05, 0) is 0 Å². The monoisotopic (exact) mass is 171 g/mol. The Labute approximate surface area is 58.6 Å². The van der Waals surface area contributed by atoms with E-state index in [0.717, 1.165) is 0 Å². The van der Waals surface area contributed by atoms with Crippen molar-refractivity contribution < 1.29 is 22.3 Å². The lowest BCUT2D eigenvalue weighted by molar-refractivity contribution is 0.196. The Kier molecular flexibility index (Phi) is 3.76. The Balaban J connectivity index is 3.56. The van der Waals surface area contributed by atoms with Gasteiger partial charge in [-0.25, -0.2) is 4.18 Å². The fourth-order valence-corrected chi connectivity index (χ4v) is 0.573. The molecular weight excluding hydrogens is 162 g/mol. The maximum Gasteiger partial charge on any atom is 0.397 e. The summed E-state index contributed by atoms with van der Waals surface area (Å²) in [6, 6.07) is -0.790. The molecule has 62 valence electrons. The zero-order chi connectivity index (χ0) is 8.20. The first-order valence-corrected chi connectivity index (χ1v) is 3.80. The number of nitrogens with two attached hydrogens (primary N) is 1. The zero-order valence-corrected chi connectivity index (χ0v) is 5.91. The number of hydrogen-bond donors (Lipinski definition) is 3. The zero-order valence-electron chi connectivity index (χ0n) is 5.10. The molecule has 0 fully saturated rings. The van der Waals surface area contributed by atoms with Gasteiger partial charge in [-0.1, -0.05) is 0 Å². The fraction of sp³-hybridized carbons (Fsp3) is 1.00. The number of aliphatic hydroxyl groups excluding tert-OH is 1. The van der Waals surface area contributed by atoms with E-state index in [1.165, 1.54) is 0 Å². The van der Waals surface area contributed by atoms with Crippen molar-refractivity contribution >= 4 is 10.4 Å². The molecule has 0 unspecified atom stereocenters. The molecule has 7 heteroatoms. The van der Waals surface area contributed by atoms with Gasteiger partial charge in [0.25, 0.3) is 0 Å². The van der Waals surface area contributed by atoms with Gasteiger partial charge in [0.2, 0.25) is 0 Å². The molecule has 0 amide bonds. The fourth-order valence-electron chi connectivity index (χ4n) is 0.226. The Morgan fingerprint density at radius 1 is 1.60 bits per heavy atom. The summed E-state index contributed by atoms with van der Waals surface area (Å²) in [5.41, 5.74) is 5.03. The average molecular weight is 171 g/mol. The van der Waals surface area contributed by atoms with Crippen LogP contribution in [0.25, 0.3) is 0 Å². The number of aliphatic hydroxyl groups is 1. The molecule has 0 aliphatic heterocycles. The predicted octanol–water partition coefficient (Wildman–Crippen LogP) is -1.87. The molecule has 0 aliphatic rings. The second kappa shape index (κ2) is 3.84. The quantitative estimate of drug-likeness (QED) is 0.427. The maximum absolute atomic E-state index is 9.85. The van der Waals surface area contributed by atoms with Crippen LogP contribution in [0.5, 0.6) is 0 Å². The molecule has 0 saturated carbocycles. The molecule has 0 spiro atoms. The van der Waals surface area contributed by atoms with Crippen molar-refractivity contribution in [1.82, 2.24) is 0 Å². The van der Waals surface area contributed by atoms with Gasteiger partial charge in [0.05, 0.1) is 19.3 Å². The minimum absolute atomic E-state index is 0.393. The molecular formula is C3H9NO5S. The second-order valence-corrected chi connectivity index (χ2v) is 2.75. The average Bonchev–Trinajstić information content (AvgIpc) is 1.81. The van der Waals surface area contributed by atoms with Crippen LogP contribution in [0.2, 0.25) is 0 Å². The van der Waals surface area contributed by atoms with E-state index >= 15 is 0 Å². The molecule has 0 aromatic carbocycles. The maximum atomic E-state index is 9.85. The first kappa shape index (κ1) is 9.79. The van der Waals surface area contributed by atoms with Gasteiger partial charge in [-0.15, -0.1) is 0 Å². The third-order valence-corrected chi connectivity index (χ3v) is 1.10. The minimum atomic E-state index is -4.42. The van der Waals surface area contributed by atoms with E-state index in [1.807, 2.05) is 0 Å². The van der Waals surface area contributed by atoms with Crippen LogP contribution in [0.3, 0.4) is 0 Å². The largest absolute Gasteiger partial charge is 0.397 e. The summed E-state index contributed by atoms with van der Waals surface area (Å²) in [6.07, 6.45) is 0. The highest BCUT2D eigenvalue weighted by molar-refractivity contribution is 7.80. The van der Waals surface area contributed by atoms with Crippen LogP contribution in [0.4, 0.5) is 0 Å². The van der Waals surface area contributed by atoms with Crippen molar-refractivity contribution in [2.45, 2.75) is 6.04 Å². The number of hydrogen-bond acceptors (Lipinski definition) is 5. The first-order valence-electron chi connectivity index (χ1n) is 2.44.